The Morgan fingerprint density at radius 2 is 2.25 bits per heavy atom. The van der Waals surface area contributed by atoms with E-state index >= 15 is 0 Å². The Morgan fingerprint density at radius 1 is 1.50 bits per heavy atom. The molecular formula is C13H25F2N3O2. The van der Waals surface area contributed by atoms with Gasteiger partial charge in [-0.05, 0) is 19.3 Å². The number of hydrogen-bond acceptors (Lipinski definition) is 5. The van der Waals surface area contributed by atoms with E-state index in [9.17, 15) is 13.6 Å². The first-order chi connectivity index (χ1) is 9.55. The van der Waals surface area contributed by atoms with Crippen LogP contribution >= 0.6 is 0 Å². The summed E-state index contributed by atoms with van der Waals surface area (Å²) in [6, 6.07) is -0.0243. The third-order valence-electron chi connectivity index (χ3n) is 3.38. The highest BCUT2D eigenvalue weighted by atomic mass is 19.3. The predicted molar refractivity (Wildman–Crippen MR) is 72.6 cm³/mol. The Kier molecular flexibility index (Phi) is 7.94. The molecule has 3 N–H and O–H groups in total. The maximum absolute atomic E-state index is 12.3. The van der Waals surface area contributed by atoms with E-state index in [0.29, 0.717) is 39.1 Å². The van der Waals surface area contributed by atoms with Gasteiger partial charge in [-0.1, -0.05) is 0 Å². The highest BCUT2D eigenvalue weighted by Crippen LogP contribution is 2.20. The van der Waals surface area contributed by atoms with E-state index < -0.39 is 6.43 Å². The van der Waals surface area contributed by atoms with Crippen LogP contribution in [0.5, 0.6) is 0 Å². The van der Waals surface area contributed by atoms with Crippen molar-refractivity contribution in [2.75, 3.05) is 39.3 Å². The van der Waals surface area contributed by atoms with Gasteiger partial charge in [-0.2, -0.15) is 0 Å². The fourth-order valence-electron chi connectivity index (χ4n) is 2.68. The van der Waals surface area contributed by atoms with Gasteiger partial charge in [0.05, 0.1) is 13.2 Å². The van der Waals surface area contributed by atoms with Crippen molar-refractivity contribution >= 4 is 5.97 Å². The number of nitrogens with zero attached hydrogens (tertiary/aromatic N) is 1. The van der Waals surface area contributed by atoms with Gasteiger partial charge in [0.1, 0.15) is 0 Å². The molecule has 0 aliphatic carbocycles. The molecule has 1 rings (SSSR count). The van der Waals surface area contributed by atoms with Crippen LogP contribution in [0.3, 0.4) is 0 Å². The Labute approximate surface area is 118 Å². The summed E-state index contributed by atoms with van der Waals surface area (Å²) in [7, 11) is 0. The summed E-state index contributed by atoms with van der Waals surface area (Å²) < 4.78 is 29.5. The number of carbonyl (C=O) groups is 1. The molecule has 0 spiro atoms. The zero-order valence-corrected chi connectivity index (χ0v) is 12.0. The topological polar surface area (TPSA) is 67.6 Å². The molecule has 0 aromatic carbocycles. The second-order valence-electron chi connectivity index (χ2n) is 5.16. The van der Waals surface area contributed by atoms with Gasteiger partial charge in [0.25, 0.3) is 6.43 Å². The molecule has 1 heterocycles. The van der Waals surface area contributed by atoms with Crippen LogP contribution in [0.1, 0.15) is 19.8 Å². The van der Waals surface area contributed by atoms with E-state index in [1.54, 1.807) is 6.92 Å². The molecule has 0 radical (unpaired) electrons. The number of halogens is 2. The molecule has 1 fully saturated rings. The minimum Gasteiger partial charge on any atom is -0.466 e. The lowest BCUT2D eigenvalue weighted by Gasteiger charge is -2.37. The predicted octanol–water partition coefficient (Wildman–Crippen LogP) is 0.444. The van der Waals surface area contributed by atoms with Crippen LogP contribution in [0, 0.1) is 5.92 Å². The highest BCUT2D eigenvalue weighted by Gasteiger charge is 2.28. The Hall–Kier alpha value is -0.790. The summed E-state index contributed by atoms with van der Waals surface area (Å²) in [4.78, 5) is 13.7. The summed E-state index contributed by atoms with van der Waals surface area (Å²) >= 11 is 0. The largest absolute Gasteiger partial charge is 0.466 e. The van der Waals surface area contributed by atoms with Gasteiger partial charge in [0.2, 0.25) is 0 Å². The number of carbonyl (C=O) groups excluding carboxylic acids is 1. The number of esters is 1. The number of piperidine rings is 1. The first-order valence-electron chi connectivity index (χ1n) is 7.14. The molecule has 7 heteroatoms. The van der Waals surface area contributed by atoms with Gasteiger partial charge in [-0.3, -0.25) is 4.79 Å². The molecule has 0 aromatic heterocycles. The molecule has 0 aromatic rings. The number of ether oxygens (including phenoxy) is 1. The number of rotatable bonds is 8. The van der Waals surface area contributed by atoms with Crippen molar-refractivity contribution in [2.24, 2.45) is 11.7 Å². The summed E-state index contributed by atoms with van der Waals surface area (Å²) in [6.07, 6.45) is -1.31. The van der Waals surface area contributed by atoms with Gasteiger partial charge >= 0.3 is 5.97 Å². The molecule has 1 aliphatic heterocycles. The van der Waals surface area contributed by atoms with E-state index in [1.165, 1.54) is 0 Å². The smallest absolute Gasteiger partial charge is 0.306 e. The molecule has 1 aliphatic rings. The van der Waals surface area contributed by atoms with E-state index in [2.05, 4.69) is 10.2 Å². The van der Waals surface area contributed by atoms with E-state index in [0.717, 1.165) is 6.54 Å². The van der Waals surface area contributed by atoms with Crippen LogP contribution in [0.25, 0.3) is 0 Å². The van der Waals surface area contributed by atoms with Crippen LogP contribution in [0.15, 0.2) is 0 Å². The Balaban J connectivity index is 2.48. The first-order valence-corrected chi connectivity index (χ1v) is 7.14. The van der Waals surface area contributed by atoms with Crippen molar-refractivity contribution in [1.29, 1.82) is 0 Å². The minimum absolute atomic E-state index is 0.0243. The fourth-order valence-corrected chi connectivity index (χ4v) is 2.68. The highest BCUT2D eigenvalue weighted by molar-refractivity contribution is 5.69. The molecule has 2 atom stereocenters. The van der Waals surface area contributed by atoms with Gasteiger partial charge in [-0.25, -0.2) is 8.78 Å². The Morgan fingerprint density at radius 3 is 2.85 bits per heavy atom. The summed E-state index contributed by atoms with van der Waals surface area (Å²) in [5.41, 5.74) is 5.55. The molecule has 118 valence electrons. The maximum atomic E-state index is 12.3. The van der Waals surface area contributed by atoms with E-state index in [4.69, 9.17) is 10.5 Å². The molecule has 0 saturated carbocycles. The van der Waals surface area contributed by atoms with Crippen molar-refractivity contribution in [3.8, 4) is 0 Å². The molecule has 0 bridgehead atoms. The third-order valence-corrected chi connectivity index (χ3v) is 3.38. The van der Waals surface area contributed by atoms with Gasteiger partial charge in [0, 0.05) is 38.6 Å². The number of nitrogens with one attached hydrogen (secondary N) is 1. The summed E-state index contributed by atoms with van der Waals surface area (Å²) in [5, 5.41) is 2.86. The van der Waals surface area contributed by atoms with Crippen molar-refractivity contribution in [2.45, 2.75) is 32.2 Å². The van der Waals surface area contributed by atoms with Crippen LogP contribution < -0.4 is 11.1 Å². The molecule has 5 nitrogen and oxygen atoms in total. The van der Waals surface area contributed by atoms with Gasteiger partial charge in [-0.15, -0.1) is 0 Å². The van der Waals surface area contributed by atoms with Crippen molar-refractivity contribution in [3.63, 3.8) is 0 Å². The molecule has 1 saturated heterocycles. The number of likely N-dealkylation sites (tertiary alicyclic amines) is 1. The van der Waals surface area contributed by atoms with Crippen LogP contribution in [0.2, 0.25) is 0 Å². The fraction of sp³-hybridized carbons (Fsp3) is 0.923. The number of alkyl halides is 2. The number of hydrogen-bond donors (Lipinski definition) is 2. The minimum atomic E-state index is -2.36. The summed E-state index contributed by atoms with van der Waals surface area (Å²) in [6.45, 7) is 4.52. The molecular weight excluding hydrogens is 268 g/mol. The van der Waals surface area contributed by atoms with Crippen LogP contribution in [-0.2, 0) is 9.53 Å². The standard InChI is InChI=1S/C13H25F2N3O2/c1-2-20-13(19)6-10-5-11(17-7-12(14)15)9-18(8-10)4-3-16/h10-12,17H,2-9,16H2,1H3. The Bertz CT molecular complexity index is 293. The quantitative estimate of drug-likeness (QED) is 0.636. The van der Waals surface area contributed by atoms with Crippen molar-refractivity contribution < 1.29 is 18.3 Å². The average Bonchev–Trinajstić information content (AvgIpc) is 2.36. The normalized spacial score (nSPS) is 24.1. The zero-order valence-electron chi connectivity index (χ0n) is 12.0. The SMILES string of the molecule is CCOC(=O)CC1CC(NCC(F)F)CN(CCN)C1. The average molecular weight is 293 g/mol. The van der Waals surface area contributed by atoms with Crippen molar-refractivity contribution in [1.82, 2.24) is 10.2 Å². The third kappa shape index (κ3) is 6.58. The molecule has 2 unspecified atom stereocenters. The van der Waals surface area contributed by atoms with E-state index in [-0.39, 0.29) is 24.5 Å². The maximum Gasteiger partial charge on any atom is 0.306 e. The lowest BCUT2D eigenvalue weighted by atomic mass is 9.91. The summed E-state index contributed by atoms with van der Waals surface area (Å²) in [5.74, 6) is -0.0933. The van der Waals surface area contributed by atoms with E-state index in [1.807, 2.05) is 0 Å². The first kappa shape index (κ1) is 17.3. The zero-order chi connectivity index (χ0) is 15.0. The van der Waals surface area contributed by atoms with Crippen LogP contribution in [0.4, 0.5) is 8.78 Å². The lowest BCUT2D eigenvalue weighted by Crippen LogP contribution is -2.51. The molecule has 0 amide bonds. The molecule has 20 heavy (non-hydrogen) atoms. The monoisotopic (exact) mass is 293 g/mol. The van der Waals surface area contributed by atoms with Gasteiger partial charge < -0.3 is 20.7 Å². The van der Waals surface area contributed by atoms with Gasteiger partial charge in [0.15, 0.2) is 0 Å². The second-order valence-corrected chi connectivity index (χ2v) is 5.16. The lowest BCUT2D eigenvalue weighted by molar-refractivity contribution is -0.144. The number of nitrogens with two attached hydrogens (primary N) is 1. The van der Waals surface area contributed by atoms with Crippen molar-refractivity contribution in [3.05, 3.63) is 0 Å². The van der Waals surface area contributed by atoms with Crippen LogP contribution in [-0.4, -0.2) is 62.7 Å². The second kappa shape index (κ2) is 9.20.